The van der Waals surface area contributed by atoms with Gasteiger partial charge in [0.25, 0.3) is 0 Å². The van der Waals surface area contributed by atoms with Crippen molar-refractivity contribution in [3.63, 3.8) is 0 Å². The molecule has 0 saturated heterocycles. The normalized spacial score (nSPS) is 11.9. The van der Waals surface area contributed by atoms with Gasteiger partial charge in [-0.25, -0.2) is 0 Å². The highest BCUT2D eigenvalue weighted by atomic mass is 35.5. The molecule has 0 bridgehead atoms. The predicted octanol–water partition coefficient (Wildman–Crippen LogP) is 10.9. The summed E-state index contributed by atoms with van der Waals surface area (Å²) in [7, 11) is 0. The second kappa shape index (κ2) is 14.5. The molecule has 0 atom stereocenters. The fraction of sp³-hybridized carbons (Fsp3) is 0.209. The van der Waals surface area contributed by atoms with Gasteiger partial charge in [-0.15, -0.1) is 0 Å². The molecule has 0 fully saturated rings. The van der Waals surface area contributed by atoms with Crippen LogP contribution >= 0.6 is 23.2 Å². The molecular weight excluding hydrogens is 671 g/mol. The van der Waals surface area contributed by atoms with Crippen molar-refractivity contribution >= 4 is 66.8 Å². The molecule has 8 rings (SSSR count). The Balaban J connectivity index is 0.00000406. The van der Waals surface area contributed by atoms with E-state index < -0.39 is 5.54 Å². The van der Waals surface area contributed by atoms with Crippen LogP contribution in [0.1, 0.15) is 48.7 Å². The Morgan fingerprint density at radius 3 is 1.51 bits per heavy atom. The van der Waals surface area contributed by atoms with Crippen LogP contribution in [0.25, 0.3) is 43.6 Å². The summed E-state index contributed by atoms with van der Waals surface area (Å²) in [5, 5.41) is 6.30. The Morgan fingerprint density at radius 2 is 1.06 bits per heavy atom. The number of fused-ring (bicyclic) bond motifs is 6. The highest BCUT2D eigenvalue weighted by Crippen LogP contribution is 2.34. The van der Waals surface area contributed by atoms with Crippen LogP contribution in [0.4, 0.5) is 0 Å². The third-order valence-corrected chi connectivity index (χ3v) is 10.5. The van der Waals surface area contributed by atoms with Crippen LogP contribution in [0.5, 0.6) is 0 Å². The van der Waals surface area contributed by atoms with E-state index in [1.807, 2.05) is 48.8 Å². The summed E-state index contributed by atoms with van der Waals surface area (Å²) in [6, 6.07) is 37.8. The lowest BCUT2D eigenvalue weighted by atomic mass is 9.84. The van der Waals surface area contributed by atoms with Crippen LogP contribution in [-0.4, -0.2) is 24.6 Å². The number of unbranched alkanes of at least 4 members (excludes halogenated alkanes) is 1. The van der Waals surface area contributed by atoms with E-state index in [4.69, 9.17) is 38.9 Å². The van der Waals surface area contributed by atoms with Crippen molar-refractivity contribution in [2.45, 2.75) is 57.7 Å². The van der Waals surface area contributed by atoms with E-state index in [9.17, 15) is 0 Å². The molecule has 8 aromatic rings. The maximum absolute atomic E-state index is 7.39. The van der Waals surface area contributed by atoms with Crippen LogP contribution < -0.4 is 11.9 Å². The fourth-order valence-electron chi connectivity index (χ4n) is 7.64. The molecule has 258 valence electrons. The first-order valence-corrected chi connectivity index (χ1v) is 18.1. The van der Waals surface area contributed by atoms with Gasteiger partial charge in [0, 0.05) is 85.5 Å². The number of nitrogens with zero attached hydrogens (tertiary/aromatic N) is 4. The molecule has 0 radical (unpaired) electrons. The smallest absolute Gasteiger partial charge is 0.0681 e. The number of nitrogens with two attached hydrogens (primary N) is 1. The van der Waals surface area contributed by atoms with Crippen molar-refractivity contribution in [1.82, 2.24) is 25.3 Å². The average molecular weight is 714 g/mol. The molecule has 5 N–H and O–H groups in total. The van der Waals surface area contributed by atoms with Crippen molar-refractivity contribution in [1.29, 1.82) is 0 Å². The second-order valence-corrected chi connectivity index (χ2v) is 14.5. The first kappa shape index (κ1) is 34.7. The van der Waals surface area contributed by atoms with E-state index in [1.165, 1.54) is 32.6 Å². The third-order valence-electron chi connectivity index (χ3n) is 9.98. The number of benzene rings is 4. The molecule has 0 aliphatic carbocycles. The van der Waals surface area contributed by atoms with Gasteiger partial charge >= 0.3 is 0 Å². The quantitative estimate of drug-likeness (QED) is 0.139. The first-order valence-electron chi connectivity index (χ1n) is 17.4. The zero-order chi connectivity index (χ0) is 34.2. The van der Waals surface area contributed by atoms with Gasteiger partial charge in [-0.2, -0.15) is 0 Å². The zero-order valence-electron chi connectivity index (χ0n) is 28.8. The monoisotopic (exact) mass is 712 g/mol. The lowest BCUT2D eigenvalue weighted by molar-refractivity contribution is 0.368. The standard InChI is InChI=1S/C43H39Cl2N5.H3N/c1-2-3-18-43(46,23-33-21-37-35-14-4-6-16-39(35)49(41(37)25-47-33)27-29-10-8-12-31(44)19-29)24-34-22-38-36-15-5-7-17-40(36)50(42(38)26-48-34)28-30-11-9-13-32(45)20-30;/h4-17,19-22,25-26H,2-3,18,23-24,27-28,46H2,1H3;1H3. The van der Waals surface area contributed by atoms with Gasteiger partial charge < -0.3 is 21.0 Å². The lowest BCUT2D eigenvalue weighted by Gasteiger charge is -2.29. The minimum Gasteiger partial charge on any atom is -0.344 e. The molecule has 4 aromatic heterocycles. The van der Waals surface area contributed by atoms with Crippen LogP contribution in [0, 0.1) is 0 Å². The second-order valence-electron chi connectivity index (χ2n) is 13.7. The van der Waals surface area contributed by atoms with Gasteiger partial charge in [0.1, 0.15) is 0 Å². The number of hydrogen-bond acceptors (Lipinski definition) is 4. The minimum absolute atomic E-state index is 0. The molecule has 6 nitrogen and oxygen atoms in total. The van der Waals surface area contributed by atoms with Crippen molar-refractivity contribution in [2.75, 3.05) is 0 Å². The molecule has 4 heterocycles. The van der Waals surface area contributed by atoms with E-state index in [0.29, 0.717) is 25.9 Å². The molecule has 51 heavy (non-hydrogen) atoms. The maximum Gasteiger partial charge on any atom is 0.0681 e. The molecule has 0 aliphatic rings. The number of aromatic nitrogens is 4. The van der Waals surface area contributed by atoms with Crippen molar-refractivity contribution in [2.24, 2.45) is 5.73 Å². The Hall–Kier alpha value is -4.72. The Bertz CT molecular complexity index is 2330. The van der Waals surface area contributed by atoms with Crippen LogP contribution in [-0.2, 0) is 25.9 Å². The van der Waals surface area contributed by atoms with E-state index in [1.54, 1.807) is 0 Å². The van der Waals surface area contributed by atoms with Gasteiger partial charge in [0.15, 0.2) is 0 Å². The topological polar surface area (TPSA) is 96.7 Å². The Morgan fingerprint density at radius 1 is 0.588 bits per heavy atom. The number of para-hydroxylation sites is 2. The molecule has 0 saturated carbocycles. The van der Waals surface area contributed by atoms with Crippen molar-refractivity contribution < 1.29 is 0 Å². The van der Waals surface area contributed by atoms with Crippen molar-refractivity contribution in [3.8, 4) is 0 Å². The summed E-state index contributed by atoms with van der Waals surface area (Å²) < 4.78 is 4.67. The van der Waals surface area contributed by atoms with Crippen LogP contribution in [0.15, 0.2) is 122 Å². The summed E-state index contributed by atoms with van der Waals surface area (Å²) in [6.45, 7) is 3.65. The average Bonchev–Trinajstić information content (AvgIpc) is 3.59. The summed E-state index contributed by atoms with van der Waals surface area (Å²) in [5.41, 5.74) is 15.8. The Labute approximate surface area is 308 Å². The van der Waals surface area contributed by atoms with Crippen LogP contribution in [0.3, 0.4) is 0 Å². The number of halogens is 2. The minimum atomic E-state index is -0.504. The molecule has 0 unspecified atom stereocenters. The highest BCUT2D eigenvalue weighted by Gasteiger charge is 2.28. The van der Waals surface area contributed by atoms with E-state index in [2.05, 4.69) is 88.9 Å². The fourth-order valence-corrected chi connectivity index (χ4v) is 8.06. The van der Waals surface area contributed by atoms with Gasteiger partial charge in [0.2, 0.25) is 0 Å². The SMILES string of the molecule is CCCCC(N)(Cc1cc2c3ccccc3n(Cc3cccc(Cl)c3)c2cn1)Cc1cc2c3ccccc3n(Cc3cccc(Cl)c3)c2cn1.N. The number of rotatable bonds is 11. The molecular formula is C43H42Cl2N6. The largest absolute Gasteiger partial charge is 0.344 e. The summed E-state index contributed by atoms with van der Waals surface area (Å²) in [6.07, 6.45) is 8.36. The third kappa shape index (κ3) is 6.97. The summed E-state index contributed by atoms with van der Waals surface area (Å²) in [5.74, 6) is 0. The molecule has 0 amide bonds. The van der Waals surface area contributed by atoms with Gasteiger partial charge in [-0.3, -0.25) is 9.97 Å². The van der Waals surface area contributed by atoms with Crippen molar-refractivity contribution in [3.05, 3.63) is 154 Å². The zero-order valence-corrected chi connectivity index (χ0v) is 30.3. The molecule has 8 heteroatoms. The summed E-state index contributed by atoms with van der Waals surface area (Å²) >= 11 is 12.7. The van der Waals surface area contributed by atoms with Gasteiger partial charge in [-0.1, -0.05) is 104 Å². The predicted molar refractivity (Wildman–Crippen MR) is 214 cm³/mol. The highest BCUT2D eigenvalue weighted by molar-refractivity contribution is 6.31. The molecule has 0 spiro atoms. The lowest BCUT2D eigenvalue weighted by Crippen LogP contribution is -2.44. The Kier molecular flexibility index (Phi) is 9.86. The van der Waals surface area contributed by atoms with E-state index in [-0.39, 0.29) is 6.15 Å². The number of hydrogen-bond donors (Lipinski definition) is 2. The van der Waals surface area contributed by atoms with Gasteiger partial charge in [0.05, 0.1) is 23.4 Å². The number of pyridine rings is 2. The van der Waals surface area contributed by atoms with E-state index in [0.717, 1.165) is 62.9 Å². The summed E-state index contributed by atoms with van der Waals surface area (Å²) in [4.78, 5) is 10.1. The molecule has 4 aromatic carbocycles. The van der Waals surface area contributed by atoms with E-state index >= 15 is 0 Å². The maximum atomic E-state index is 7.39. The first-order chi connectivity index (χ1) is 24.4. The van der Waals surface area contributed by atoms with Crippen LogP contribution in [0.2, 0.25) is 10.0 Å². The molecule has 0 aliphatic heterocycles. The van der Waals surface area contributed by atoms with Gasteiger partial charge in [-0.05, 0) is 66.1 Å².